The van der Waals surface area contributed by atoms with Gasteiger partial charge in [-0.1, -0.05) is 18.2 Å². The van der Waals surface area contributed by atoms with Gasteiger partial charge in [0.25, 0.3) is 5.91 Å². The van der Waals surface area contributed by atoms with Crippen molar-refractivity contribution in [2.24, 2.45) is 0 Å². The van der Waals surface area contributed by atoms with Gasteiger partial charge >= 0.3 is 0 Å². The Morgan fingerprint density at radius 3 is 2.55 bits per heavy atom. The van der Waals surface area contributed by atoms with E-state index in [4.69, 9.17) is 12.2 Å². The maximum absolute atomic E-state index is 12.0. The number of rotatable bonds is 1. The molecule has 20 heavy (non-hydrogen) atoms. The number of para-hydroxylation sites is 1. The number of fused-ring (bicyclic) bond motifs is 1. The van der Waals surface area contributed by atoms with Gasteiger partial charge in [-0.25, -0.2) is 0 Å². The van der Waals surface area contributed by atoms with Crippen LogP contribution in [0.2, 0.25) is 0 Å². The molecule has 0 saturated carbocycles. The molecule has 0 bridgehead atoms. The summed E-state index contributed by atoms with van der Waals surface area (Å²) in [4.78, 5) is 15.0. The smallest absolute Gasteiger partial charge is 0.286 e. The summed E-state index contributed by atoms with van der Waals surface area (Å²) in [6.45, 7) is 5.96. The minimum Gasteiger partial charge on any atom is -0.357 e. The summed E-state index contributed by atoms with van der Waals surface area (Å²) in [5.41, 5.74) is 6.49. The molecular formula is C14H18N4OS. The molecular weight excluding hydrogens is 272 g/mol. The van der Waals surface area contributed by atoms with Gasteiger partial charge in [0.15, 0.2) is 5.11 Å². The third-order valence-electron chi connectivity index (χ3n) is 2.55. The third kappa shape index (κ3) is 3.71. The molecule has 4 N–H and O–H groups in total. The van der Waals surface area contributed by atoms with Gasteiger partial charge in [0.05, 0.1) is 0 Å². The summed E-state index contributed by atoms with van der Waals surface area (Å²) in [6, 6.07) is 9.51. The number of carbonyl (C=O) groups is 1. The first-order valence-corrected chi connectivity index (χ1v) is 6.72. The fourth-order valence-electron chi connectivity index (χ4n) is 1.75. The Bertz CT molecular complexity index is 609. The number of carbonyl (C=O) groups excluding carboxylic acids is 1. The average Bonchev–Trinajstić information content (AvgIpc) is 2.77. The zero-order chi connectivity index (χ0) is 14.8. The lowest BCUT2D eigenvalue weighted by Gasteiger charge is -2.22. The number of benzene rings is 1. The van der Waals surface area contributed by atoms with Crippen LogP contribution < -0.4 is 16.2 Å². The van der Waals surface area contributed by atoms with Crippen molar-refractivity contribution in [2.45, 2.75) is 26.3 Å². The monoisotopic (exact) mass is 290 g/mol. The van der Waals surface area contributed by atoms with Crippen LogP contribution in [0.5, 0.6) is 0 Å². The lowest BCUT2D eigenvalue weighted by molar-refractivity contribution is 0.0939. The standard InChI is InChI=1S/C14H18N4OS/c1-14(2,3)16-13(20)18-17-12(19)11-8-9-6-4-5-7-10(9)15-11/h4-8,15H,1-3H3,(H,17,19)(H2,16,18,20). The second-order valence-electron chi connectivity index (χ2n) is 5.55. The first-order valence-electron chi connectivity index (χ1n) is 6.31. The predicted octanol–water partition coefficient (Wildman–Crippen LogP) is 2.08. The normalized spacial score (nSPS) is 11.2. The maximum Gasteiger partial charge on any atom is 0.286 e. The summed E-state index contributed by atoms with van der Waals surface area (Å²) in [7, 11) is 0. The van der Waals surface area contributed by atoms with Gasteiger partial charge in [0, 0.05) is 16.4 Å². The Morgan fingerprint density at radius 1 is 1.20 bits per heavy atom. The largest absolute Gasteiger partial charge is 0.357 e. The first-order chi connectivity index (χ1) is 9.35. The van der Waals surface area contributed by atoms with Gasteiger partial charge in [-0.05, 0) is 45.1 Å². The maximum atomic E-state index is 12.0. The number of hydrogen-bond donors (Lipinski definition) is 4. The van der Waals surface area contributed by atoms with Crippen molar-refractivity contribution in [3.05, 3.63) is 36.0 Å². The number of H-pyrrole nitrogens is 1. The van der Waals surface area contributed by atoms with Gasteiger partial charge < -0.3 is 10.3 Å². The third-order valence-corrected chi connectivity index (χ3v) is 2.76. The van der Waals surface area contributed by atoms with Crippen LogP contribution >= 0.6 is 12.2 Å². The van der Waals surface area contributed by atoms with Gasteiger partial charge in [-0.2, -0.15) is 0 Å². The summed E-state index contributed by atoms with van der Waals surface area (Å²) in [5, 5.41) is 4.42. The number of thiocarbonyl (C=S) groups is 1. The zero-order valence-corrected chi connectivity index (χ0v) is 12.5. The lowest BCUT2D eigenvalue weighted by atomic mass is 10.1. The van der Waals surface area contributed by atoms with E-state index in [-0.39, 0.29) is 11.4 Å². The molecule has 106 valence electrons. The molecule has 0 spiro atoms. The molecule has 5 nitrogen and oxygen atoms in total. The van der Waals surface area contributed by atoms with E-state index in [1.807, 2.05) is 45.0 Å². The van der Waals surface area contributed by atoms with Crippen molar-refractivity contribution < 1.29 is 4.79 Å². The Balaban J connectivity index is 1.97. The Hall–Kier alpha value is -2.08. The van der Waals surface area contributed by atoms with E-state index in [9.17, 15) is 4.79 Å². The van der Waals surface area contributed by atoms with Crippen LogP contribution in [0.25, 0.3) is 10.9 Å². The van der Waals surface area contributed by atoms with Crippen molar-refractivity contribution in [3.63, 3.8) is 0 Å². The van der Waals surface area contributed by atoms with Gasteiger partial charge in [0.1, 0.15) is 5.69 Å². The minimum absolute atomic E-state index is 0.157. The molecule has 0 radical (unpaired) electrons. The highest BCUT2D eigenvalue weighted by molar-refractivity contribution is 7.80. The van der Waals surface area contributed by atoms with Crippen LogP contribution in [-0.2, 0) is 0 Å². The summed E-state index contributed by atoms with van der Waals surface area (Å²) < 4.78 is 0. The highest BCUT2D eigenvalue weighted by Crippen LogP contribution is 2.14. The number of aromatic nitrogens is 1. The molecule has 0 aliphatic rings. The van der Waals surface area contributed by atoms with Crippen molar-refractivity contribution >= 4 is 34.1 Å². The number of nitrogens with one attached hydrogen (secondary N) is 4. The molecule has 0 unspecified atom stereocenters. The average molecular weight is 290 g/mol. The Labute approximate surface area is 123 Å². The number of aromatic amines is 1. The van der Waals surface area contributed by atoms with Gasteiger partial charge in [-0.15, -0.1) is 0 Å². The molecule has 0 aliphatic carbocycles. The van der Waals surface area contributed by atoms with Crippen LogP contribution in [0.15, 0.2) is 30.3 Å². The van der Waals surface area contributed by atoms with Crippen LogP contribution in [0, 0.1) is 0 Å². The molecule has 0 saturated heterocycles. The van der Waals surface area contributed by atoms with Crippen LogP contribution in [0.3, 0.4) is 0 Å². The summed E-state index contributed by atoms with van der Waals surface area (Å²) in [6.07, 6.45) is 0. The molecule has 0 aliphatic heterocycles. The molecule has 6 heteroatoms. The van der Waals surface area contributed by atoms with Crippen LogP contribution in [-0.4, -0.2) is 21.5 Å². The second kappa shape index (κ2) is 5.50. The molecule has 1 heterocycles. The van der Waals surface area contributed by atoms with Crippen LogP contribution in [0.1, 0.15) is 31.3 Å². The molecule has 1 amide bonds. The van der Waals surface area contributed by atoms with E-state index in [1.54, 1.807) is 6.07 Å². The topological polar surface area (TPSA) is 68.9 Å². The van der Waals surface area contributed by atoms with Crippen LogP contribution in [0.4, 0.5) is 0 Å². The van der Waals surface area contributed by atoms with E-state index >= 15 is 0 Å². The predicted molar refractivity (Wildman–Crippen MR) is 84.4 cm³/mol. The van der Waals surface area contributed by atoms with Gasteiger partial charge in [-0.3, -0.25) is 15.6 Å². The van der Waals surface area contributed by atoms with E-state index in [1.165, 1.54) is 0 Å². The fraction of sp³-hybridized carbons (Fsp3) is 0.286. The molecule has 0 fully saturated rings. The van der Waals surface area contributed by atoms with Crippen molar-refractivity contribution in [1.82, 2.24) is 21.2 Å². The molecule has 2 aromatic rings. The number of amides is 1. The zero-order valence-electron chi connectivity index (χ0n) is 11.7. The highest BCUT2D eigenvalue weighted by atomic mass is 32.1. The molecule has 0 atom stereocenters. The minimum atomic E-state index is -0.265. The molecule has 2 rings (SSSR count). The summed E-state index contributed by atoms with van der Waals surface area (Å²) in [5.74, 6) is -0.265. The van der Waals surface area contributed by atoms with Crippen molar-refractivity contribution in [1.29, 1.82) is 0 Å². The van der Waals surface area contributed by atoms with E-state index in [2.05, 4.69) is 21.2 Å². The Morgan fingerprint density at radius 2 is 1.90 bits per heavy atom. The van der Waals surface area contributed by atoms with E-state index in [0.29, 0.717) is 10.8 Å². The quantitative estimate of drug-likeness (QED) is 0.479. The SMILES string of the molecule is CC(C)(C)NC(=S)NNC(=O)c1cc2ccccc2[nH]1. The highest BCUT2D eigenvalue weighted by Gasteiger charge is 2.12. The molecule has 1 aromatic heterocycles. The lowest BCUT2D eigenvalue weighted by Crippen LogP contribution is -2.52. The van der Waals surface area contributed by atoms with E-state index < -0.39 is 0 Å². The first kappa shape index (κ1) is 14.3. The summed E-state index contributed by atoms with van der Waals surface area (Å²) >= 11 is 5.09. The van der Waals surface area contributed by atoms with Crippen molar-refractivity contribution in [2.75, 3.05) is 0 Å². The molecule has 1 aromatic carbocycles. The van der Waals surface area contributed by atoms with Crippen molar-refractivity contribution in [3.8, 4) is 0 Å². The fourth-order valence-corrected chi connectivity index (χ4v) is 2.11. The number of hydrazine groups is 1. The number of hydrogen-bond acceptors (Lipinski definition) is 2. The Kier molecular flexibility index (Phi) is 3.94. The second-order valence-corrected chi connectivity index (χ2v) is 5.96. The van der Waals surface area contributed by atoms with Gasteiger partial charge in [0.2, 0.25) is 0 Å². The van der Waals surface area contributed by atoms with E-state index in [0.717, 1.165) is 10.9 Å².